The van der Waals surface area contributed by atoms with E-state index in [9.17, 15) is 4.39 Å². The van der Waals surface area contributed by atoms with Crippen LogP contribution in [0.1, 0.15) is 24.1 Å². The third kappa shape index (κ3) is 3.54. The zero-order valence-corrected chi connectivity index (χ0v) is 13.5. The van der Waals surface area contributed by atoms with Crippen molar-refractivity contribution in [3.05, 3.63) is 57.8 Å². The molecule has 0 saturated carbocycles. The van der Waals surface area contributed by atoms with Gasteiger partial charge in [-0.3, -0.25) is 0 Å². The van der Waals surface area contributed by atoms with Crippen LogP contribution in [0.15, 0.2) is 40.9 Å². The van der Waals surface area contributed by atoms with Crippen LogP contribution < -0.4 is 15.2 Å². The van der Waals surface area contributed by atoms with Gasteiger partial charge in [-0.2, -0.15) is 0 Å². The zero-order chi connectivity index (χ0) is 15.4. The molecular formula is C16H17BrFNO2. The standard InChI is InChI=1S/C16H17BrFNO2/c1-3-21-14-7-5-10(8-12(14)17)16(19)11-4-6-13(18)15(9-11)20-2/h4-9,16H,3,19H2,1-2H3. The van der Waals surface area contributed by atoms with Crippen molar-refractivity contribution < 1.29 is 13.9 Å². The van der Waals surface area contributed by atoms with Crippen molar-refractivity contribution in [3.63, 3.8) is 0 Å². The van der Waals surface area contributed by atoms with Gasteiger partial charge in [-0.1, -0.05) is 12.1 Å². The molecule has 0 aliphatic heterocycles. The molecule has 0 saturated heterocycles. The molecule has 2 N–H and O–H groups in total. The summed E-state index contributed by atoms with van der Waals surface area (Å²) in [5, 5.41) is 0. The van der Waals surface area contributed by atoms with Crippen molar-refractivity contribution in [2.24, 2.45) is 5.73 Å². The maximum Gasteiger partial charge on any atom is 0.165 e. The minimum absolute atomic E-state index is 0.188. The normalized spacial score (nSPS) is 12.0. The Kier molecular flexibility index (Phi) is 5.20. The fraction of sp³-hybridized carbons (Fsp3) is 0.250. The molecule has 112 valence electrons. The van der Waals surface area contributed by atoms with Gasteiger partial charge in [0.15, 0.2) is 11.6 Å². The van der Waals surface area contributed by atoms with Gasteiger partial charge in [0.05, 0.1) is 24.2 Å². The number of nitrogens with two attached hydrogens (primary N) is 1. The van der Waals surface area contributed by atoms with Gasteiger partial charge in [0.2, 0.25) is 0 Å². The first-order valence-electron chi connectivity index (χ1n) is 6.58. The zero-order valence-electron chi connectivity index (χ0n) is 11.9. The average molecular weight is 354 g/mol. The molecule has 0 aliphatic carbocycles. The van der Waals surface area contributed by atoms with Crippen molar-refractivity contribution in [2.45, 2.75) is 13.0 Å². The Morgan fingerprint density at radius 3 is 2.43 bits per heavy atom. The fourth-order valence-electron chi connectivity index (χ4n) is 2.05. The molecule has 0 heterocycles. The summed E-state index contributed by atoms with van der Waals surface area (Å²) in [6.07, 6.45) is 0. The SMILES string of the molecule is CCOc1ccc(C(N)c2ccc(F)c(OC)c2)cc1Br. The largest absolute Gasteiger partial charge is 0.494 e. The maximum atomic E-state index is 13.4. The van der Waals surface area contributed by atoms with Crippen LogP contribution in [0.4, 0.5) is 4.39 Å². The van der Waals surface area contributed by atoms with Gasteiger partial charge in [-0.05, 0) is 58.2 Å². The highest BCUT2D eigenvalue weighted by Gasteiger charge is 2.13. The van der Waals surface area contributed by atoms with Gasteiger partial charge >= 0.3 is 0 Å². The van der Waals surface area contributed by atoms with Crippen LogP contribution in [0.5, 0.6) is 11.5 Å². The van der Waals surface area contributed by atoms with E-state index in [1.807, 2.05) is 25.1 Å². The average Bonchev–Trinajstić information content (AvgIpc) is 2.49. The minimum Gasteiger partial charge on any atom is -0.494 e. The second kappa shape index (κ2) is 6.91. The number of hydrogen-bond acceptors (Lipinski definition) is 3. The molecule has 2 aromatic rings. The van der Waals surface area contributed by atoms with E-state index >= 15 is 0 Å². The Bertz CT molecular complexity index is 634. The lowest BCUT2D eigenvalue weighted by atomic mass is 9.99. The highest BCUT2D eigenvalue weighted by atomic mass is 79.9. The molecule has 0 radical (unpaired) electrons. The molecule has 5 heteroatoms. The molecule has 1 unspecified atom stereocenters. The number of ether oxygens (including phenoxy) is 2. The number of hydrogen-bond donors (Lipinski definition) is 1. The minimum atomic E-state index is -0.402. The summed E-state index contributed by atoms with van der Waals surface area (Å²) < 4.78 is 24.7. The summed E-state index contributed by atoms with van der Waals surface area (Å²) in [4.78, 5) is 0. The van der Waals surface area contributed by atoms with Crippen molar-refractivity contribution >= 4 is 15.9 Å². The smallest absolute Gasteiger partial charge is 0.165 e. The first kappa shape index (κ1) is 15.8. The van der Waals surface area contributed by atoms with Crippen LogP contribution >= 0.6 is 15.9 Å². The lowest BCUT2D eigenvalue weighted by Gasteiger charge is -2.15. The van der Waals surface area contributed by atoms with Gasteiger partial charge in [-0.15, -0.1) is 0 Å². The Hall–Kier alpha value is -1.59. The molecule has 0 spiro atoms. The predicted octanol–water partition coefficient (Wildman–Crippen LogP) is 4.04. The van der Waals surface area contributed by atoms with Gasteiger partial charge in [0.25, 0.3) is 0 Å². The van der Waals surface area contributed by atoms with Gasteiger partial charge in [0.1, 0.15) is 5.75 Å². The van der Waals surface area contributed by atoms with Crippen LogP contribution in [0.2, 0.25) is 0 Å². The Morgan fingerprint density at radius 2 is 1.81 bits per heavy atom. The highest BCUT2D eigenvalue weighted by molar-refractivity contribution is 9.10. The highest BCUT2D eigenvalue weighted by Crippen LogP contribution is 2.31. The predicted molar refractivity (Wildman–Crippen MR) is 84.3 cm³/mol. The van der Waals surface area contributed by atoms with Crippen molar-refractivity contribution in [3.8, 4) is 11.5 Å². The molecule has 0 aliphatic rings. The van der Waals surface area contributed by atoms with Crippen LogP contribution in [-0.4, -0.2) is 13.7 Å². The van der Waals surface area contributed by atoms with E-state index in [1.54, 1.807) is 12.1 Å². The molecule has 1 atom stereocenters. The van der Waals surface area contributed by atoms with Crippen molar-refractivity contribution in [1.29, 1.82) is 0 Å². The topological polar surface area (TPSA) is 44.5 Å². The first-order chi connectivity index (χ1) is 10.1. The third-order valence-corrected chi connectivity index (χ3v) is 3.77. The van der Waals surface area contributed by atoms with E-state index in [0.717, 1.165) is 21.3 Å². The molecule has 0 aromatic heterocycles. The van der Waals surface area contributed by atoms with Crippen LogP contribution in [-0.2, 0) is 0 Å². The summed E-state index contributed by atoms with van der Waals surface area (Å²) in [7, 11) is 1.43. The third-order valence-electron chi connectivity index (χ3n) is 3.15. The van der Waals surface area contributed by atoms with Crippen LogP contribution in [0.25, 0.3) is 0 Å². The Labute approximate surface area is 132 Å². The maximum absolute atomic E-state index is 13.4. The van der Waals surface area contributed by atoms with Crippen molar-refractivity contribution in [1.82, 2.24) is 0 Å². The van der Waals surface area contributed by atoms with E-state index in [4.69, 9.17) is 15.2 Å². The molecule has 2 rings (SSSR count). The van der Waals surface area contributed by atoms with Gasteiger partial charge in [0, 0.05) is 0 Å². The first-order valence-corrected chi connectivity index (χ1v) is 7.37. The quantitative estimate of drug-likeness (QED) is 0.881. The summed E-state index contributed by atoms with van der Waals surface area (Å²) in [6, 6.07) is 9.94. The van der Waals surface area contributed by atoms with E-state index in [1.165, 1.54) is 13.2 Å². The second-order valence-electron chi connectivity index (χ2n) is 4.49. The van der Waals surface area contributed by atoms with Crippen LogP contribution in [0, 0.1) is 5.82 Å². The van der Waals surface area contributed by atoms with Crippen molar-refractivity contribution in [2.75, 3.05) is 13.7 Å². The molecule has 0 amide bonds. The molecule has 2 aromatic carbocycles. The van der Waals surface area contributed by atoms with E-state index in [0.29, 0.717) is 6.61 Å². The Balaban J connectivity index is 2.31. The second-order valence-corrected chi connectivity index (χ2v) is 5.35. The molecule has 3 nitrogen and oxygen atoms in total. The Morgan fingerprint density at radius 1 is 1.14 bits per heavy atom. The lowest BCUT2D eigenvalue weighted by molar-refractivity contribution is 0.338. The van der Waals surface area contributed by atoms with E-state index < -0.39 is 5.82 Å². The molecule has 0 fully saturated rings. The number of halogens is 2. The van der Waals surface area contributed by atoms with Gasteiger partial charge < -0.3 is 15.2 Å². The number of rotatable bonds is 5. The summed E-state index contributed by atoms with van der Waals surface area (Å²) >= 11 is 3.46. The monoisotopic (exact) mass is 353 g/mol. The lowest BCUT2D eigenvalue weighted by Crippen LogP contribution is -2.12. The fourth-order valence-corrected chi connectivity index (χ4v) is 2.56. The summed E-state index contributed by atoms with van der Waals surface area (Å²) in [6.45, 7) is 2.52. The van der Waals surface area contributed by atoms with E-state index in [-0.39, 0.29) is 11.8 Å². The van der Waals surface area contributed by atoms with E-state index in [2.05, 4.69) is 15.9 Å². The number of benzene rings is 2. The summed E-state index contributed by atoms with van der Waals surface area (Å²) in [5.74, 6) is 0.555. The summed E-state index contributed by atoms with van der Waals surface area (Å²) in [5.41, 5.74) is 7.93. The molecule has 21 heavy (non-hydrogen) atoms. The molecule has 0 bridgehead atoms. The van der Waals surface area contributed by atoms with Gasteiger partial charge in [-0.25, -0.2) is 4.39 Å². The number of methoxy groups -OCH3 is 1. The molecular weight excluding hydrogens is 337 g/mol. The van der Waals surface area contributed by atoms with Crippen LogP contribution in [0.3, 0.4) is 0 Å².